The van der Waals surface area contributed by atoms with E-state index in [9.17, 15) is 4.79 Å². The lowest BCUT2D eigenvalue weighted by atomic mass is 10.2. The molecule has 1 heterocycles. The second-order valence-electron chi connectivity index (χ2n) is 5.79. The van der Waals surface area contributed by atoms with Gasteiger partial charge >= 0.3 is 6.09 Å². The van der Waals surface area contributed by atoms with Gasteiger partial charge in [-0.15, -0.1) is 0 Å². The molecule has 0 saturated carbocycles. The van der Waals surface area contributed by atoms with Crippen LogP contribution in [-0.4, -0.2) is 57.1 Å². The first kappa shape index (κ1) is 18.5. The van der Waals surface area contributed by atoms with Crippen LogP contribution in [0.3, 0.4) is 0 Å². The van der Waals surface area contributed by atoms with E-state index in [0.29, 0.717) is 12.3 Å². The van der Waals surface area contributed by atoms with Gasteiger partial charge in [-0.3, -0.25) is 10.2 Å². The molecule has 1 aliphatic rings. The van der Waals surface area contributed by atoms with Crippen molar-refractivity contribution < 1.29 is 19.0 Å². The van der Waals surface area contributed by atoms with Crippen LogP contribution in [-0.2, 0) is 9.47 Å². The third kappa shape index (κ3) is 7.19. The predicted octanol–water partition coefficient (Wildman–Crippen LogP) is 3.14. The van der Waals surface area contributed by atoms with Gasteiger partial charge in [-0.2, -0.15) is 0 Å². The standard InChI is InChI=1S/C18H28N2O4/c1-2-3-4-12-23-17-7-5-16(6-8-17)19-18(21)24-15-11-20-9-13-22-14-10-20/h5-8H,2-4,9-15H2,1H3,(H,19,21). The van der Waals surface area contributed by atoms with Gasteiger partial charge in [0.05, 0.1) is 19.8 Å². The fraction of sp³-hybridized carbons (Fsp3) is 0.611. The molecule has 6 nitrogen and oxygen atoms in total. The van der Waals surface area contributed by atoms with Gasteiger partial charge in [0, 0.05) is 25.3 Å². The minimum atomic E-state index is -0.431. The molecule has 2 rings (SSSR count). The highest BCUT2D eigenvalue weighted by Gasteiger charge is 2.11. The Morgan fingerprint density at radius 2 is 1.92 bits per heavy atom. The average molecular weight is 336 g/mol. The molecule has 0 aromatic heterocycles. The van der Waals surface area contributed by atoms with Crippen molar-refractivity contribution in [2.75, 3.05) is 51.4 Å². The van der Waals surface area contributed by atoms with Crippen LogP contribution in [0.1, 0.15) is 26.2 Å². The first-order valence-electron chi connectivity index (χ1n) is 8.74. The van der Waals surface area contributed by atoms with Crippen LogP contribution in [0, 0.1) is 0 Å². The van der Waals surface area contributed by atoms with Crippen LogP contribution >= 0.6 is 0 Å². The lowest BCUT2D eigenvalue weighted by molar-refractivity contribution is 0.0290. The van der Waals surface area contributed by atoms with Crippen LogP contribution < -0.4 is 10.1 Å². The van der Waals surface area contributed by atoms with E-state index in [1.165, 1.54) is 12.8 Å². The fourth-order valence-electron chi connectivity index (χ4n) is 2.42. The van der Waals surface area contributed by atoms with Crippen LogP contribution in [0.25, 0.3) is 0 Å². The summed E-state index contributed by atoms with van der Waals surface area (Å²) < 4.78 is 16.1. The van der Waals surface area contributed by atoms with E-state index in [1.807, 2.05) is 24.3 Å². The third-order valence-corrected chi connectivity index (χ3v) is 3.86. The average Bonchev–Trinajstić information content (AvgIpc) is 2.61. The van der Waals surface area contributed by atoms with E-state index in [0.717, 1.165) is 51.6 Å². The van der Waals surface area contributed by atoms with Crippen LogP contribution in [0.2, 0.25) is 0 Å². The van der Waals surface area contributed by atoms with Gasteiger partial charge in [0.25, 0.3) is 0 Å². The van der Waals surface area contributed by atoms with E-state index in [-0.39, 0.29) is 0 Å². The van der Waals surface area contributed by atoms with Crippen molar-refractivity contribution in [1.82, 2.24) is 4.90 Å². The number of morpholine rings is 1. The number of nitrogens with zero attached hydrogens (tertiary/aromatic N) is 1. The van der Waals surface area contributed by atoms with Crippen molar-refractivity contribution >= 4 is 11.8 Å². The quantitative estimate of drug-likeness (QED) is 0.702. The van der Waals surface area contributed by atoms with Crippen LogP contribution in [0.5, 0.6) is 5.75 Å². The summed E-state index contributed by atoms with van der Waals surface area (Å²) in [5.41, 5.74) is 0.701. The molecular weight excluding hydrogens is 308 g/mol. The fourth-order valence-corrected chi connectivity index (χ4v) is 2.42. The van der Waals surface area contributed by atoms with E-state index in [1.54, 1.807) is 0 Å². The number of benzene rings is 1. The molecule has 24 heavy (non-hydrogen) atoms. The molecule has 1 N–H and O–H groups in total. The number of rotatable bonds is 9. The molecule has 0 spiro atoms. The second kappa shape index (κ2) is 10.9. The maximum Gasteiger partial charge on any atom is 0.411 e. The molecule has 0 atom stereocenters. The first-order valence-corrected chi connectivity index (χ1v) is 8.74. The molecule has 1 saturated heterocycles. The molecule has 1 fully saturated rings. The summed E-state index contributed by atoms with van der Waals surface area (Å²) >= 11 is 0. The number of carbonyl (C=O) groups is 1. The molecular formula is C18H28N2O4. The number of hydrogen-bond donors (Lipinski definition) is 1. The topological polar surface area (TPSA) is 60.0 Å². The minimum Gasteiger partial charge on any atom is -0.494 e. The molecule has 1 amide bonds. The highest BCUT2D eigenvalue weighted by Crippen LogP contribution is 2.16. The molecule has 0 bridgehead atoms. The Hall–Kier alpha value is -1.79. The lowest BCUT2D eigenvalue weighted by Crippen LogP contribution is -2.38. The van der Waals surface area contributed by atoms with Crippen molar-refractivity contribution in [2.45, 2.75) is 26.2 Å². The van der Waals surface area contributed by atoms with Gasteiger partial charge < -0.3 is 14.2 Å². The normalized spacial score (nSPS) is 15.0. The molecule has 0 aliphatic carbocycles. The SMILES string of the molecule is CCCCCOc1ccc(NC(=O)OCCN2CCOCC2)cc1. The molecule has 6 heteroatoms. The van der Waals surface area contributed by atoms with Crippen molar-refractivity contribution in [1.29, 1.82) is 0 Å². The van der Waals surface area contributed by atoms with Gasteiger partial charge in [-0.1, -0.05) is 19.8 Å². The third-order valence-electron chi connectivity index (χ3n) is 3.86. The summed E-state index contributed by atoms with van der Waals surface area (Å²) in [7, 11) is 0. The van der Waals surface area contributed by atoms with E-state index >= 15 is 0 Å². The number of ether oxygens (including phenoxy) is 3. The Morgan fingerprint density at radius 3 is 2.62 bits per heavy atom. The molecule has 1 aromatic rings. The maximum absolute atomic E-state index is 11.8. The summed E-state index contributed by atoms with van der Waals surface area (Å²) in [6, 6.07) is 7.35. The number of carbonyl (C=O) groups excluding carboxylic acids is 1. The number of hydrogen-bond acceptors (Lipinski definition) is 5. The zero-order valence-electron chi connectivity index (χ0n) is 14.5. The lowest BCUT2D eigenvalue weighted by Gasteiger charge is -2.26. The number of amides is 1. The Balaban J connectivity index is 1.62. The van der Waals surface area contributed by atoms with Crippen molar-refractivity contribution in [3.8, 4) is 5.75 Å². The summed E-state index contributed by atoms with van der Waals surface area (Å²) in [5.74, 6) is 0.817. The van der Waals surface area contributed by atoms with E-state index in [4.69, 9.17) is 14.2 Å². The number of nitrogens with one attached hydrogen (secondary N) is 1. The van der Waals surface area contributed by atoms with E-state index in [2.05, 4.69) is 17.1 Å². The monoisotopic (exact) mass is 336 g/mol. The van der Waals surface area contributed by atoms with Gasteiger partial charge in [0.2, 0.25) is 0 Å². The largest absolute Gasteiger partial charge is 0.494 e. The molecule has 1 aliphatic heterocycles. The Labute approximate surface area is 144 Å². The summed E-state index contributed by atoms with van der Waals surface area (Å²) in [6.07, 6.45) is 2.99. The highest BCUT2D eigenvalue weighted by atomic mass is 16.5. The van der Waals surface area contributed by atoms with Gasteiger partial charge in [-0.05, 0) is 30.7 Å². The predicted molar refractivity (Wildman–Crippen MR) is 93.7 cm³/mol. The summed E-state index contributed by atoms with van der Waals surface area (Å²) in [5, 5.41) is 2.72. The summed E-state index contributed by atoms with van der Waals surface area (Å²) in [4.78, 5) is 14.0. The Bertz CT molecular complexity index is 472. The van der Waals surface area contributed by atoms with E-state index < -0.39 is 6.09 Å². The van der Waals surface area contributed by atoms with Crippen LogP contribution in [0.4, 0.5) is 10.5 Å². The van der Waals surface area contributed by atoms with Crippen molar-refractivity contribution in [3.05, 3.63) is 24.3 Å². The van der Waals surface area contributed by atoms with Crippen molar-refractivity contribution in [2.24, 2.45) is 0 Å². The zero-order valence-corrected chi connectivity index (χ0v) is 14.5. The highest BCUT2D eigenvalue weighted by molar-refractivity contribution is 5.84. The zero-order chi connectivity index (χ0) is 17.0. The molecule has 0 unspecified atom stereocenters. The maximum atomic E-state index is 11.8. The van der Waals surface area contributed by atoms with Gasteiger partial charge in [-0.25, -0.2) is 4.79 Å². The van der Waals surface area contributed by atoms with Gasteiger partial charge in [0.1, 0.15) is 12.4 Å². The van der Waals surface area contributed by atoms with Gasteiger partial charge in [0.15, 0.2) is 0 Å². The molecule has 134 valence electrons. The second-order valence-corrected chi connectivity index (χ2v) is 5.79. The minimum absolute atomic E-state index is 0.379. The first-order chi connectivity index (χ1) is 11.8. The van der Waals surface area contributed by atoms with Crippen LogP contribution in [0.15, 0.2) is 24.3 Å². The number of unbranched alkanes of at least 4 members (excludes halogenated alkanes) is 2. The van der Waals surface area contributed by atoms with Crippen molar-refractivity contribution in [3.63, 3.8) is 0 Å². The Morgan fingerprint density at radius 1 is 1.17 bits per heavy atom. The smallest absolute Gasteiger partial charge is 0.411 e. The molecule has 1 aromatic carbocycles. The number of anilines is 1. The Kier molecular flexibility index (Phi) is 8.41. The summed E-state index contributed by atoms with van der Waals surface area (Å²) in [6.45, 7) is 7.30. The molecule has 0 radical (unpaired) electrons.